The number of phenolic OH excluding ortho intramolecular Hbond substituents is 1. The van der Waals surface area contributed by atoms with E-state index in [1.54, 1.807) is 0 Å². The smallest absolute Gasteiger partial charge is 0.255 e. The SMILES string of the molecule is O=C(Nc1ccccc1CBr)c1ccc(O)c(Cl)c1. The largest absolute Gasteiger partial charge is 0.506 e. The van der Waals surface area contributed by atoms with Gasteiger partial charge < -0.3 is 10.4 Å². The molecule has 1 amide bonds. The Morgan fingerprint density at radius 1 is 1.26 bits per heavy atom. The molecule has 19 heavy (non-hydrogen) atoms. The minimum atomic E-state index is -0.268. The van der Waals surface area contributed by atoms with Gasteiger partial charge in [-0.1, -0.05) is 45.7 Å². The van der Waals surface area contributed by atoms with Gasteiger partial charge in [-0.3, -0.25) is 4.79 Å². The summed E-state index contributed by atoms with van der Waals surface area (Å²) in [5.74, 6) is -0.311. The first kappa shape index (κ1) is 13.9. The highest BCUT2D eigenvalue weighted by Crippen LogP contribution is 2.25. The summed E-state index contributed by atoms with van der Waals surface area (Å²) in [7, 11) is 0. The first-order valence-corrected chi connectivity index (χ1v) is 7.05. The predicted octanol–water partition coefficient (Wildman–Crippen LogP) is 4.19. The molecule has 0 saturated heterocycles. The van der Waals surface area contributed by atoms with Gasteiger partial charge in [-0.15, -0.1) is 0 Å². The Morgan fingerprint density at radius 3 is 2.68 bits per heavy atom. The molecule has 2 N–H and O–H groups in total. The Balaban J connectivity index is 2.23. The summed E-state index contributed by atoms with van der Waals surface area (Å²) < 4.78 is 0. The molecule has 2 aromatic carbocycles. The van der Waals surface area contributed by atoms with Crippen molar-refractivity contribution < 1.29 is 9.90 Å². The Bertz CT molecular complexity index is 616. The number of hydrogen-bond donors (Lipinski definition) is 2. The van der Waals surface area contributed by atoms with Gasteiger partial charge in [-0.05, 0) is 29.8 Å². The van der Waals surface area contributed by atoms with Gasteiger partial charge >= 0.3 is 0 Å². The number of halogens is 2. The Labute approximate surface area is 124 Å². The molecule has 0 atom stereocenters. The predicted molar refractivity (Wildman–Crippen MR) is 80.1 cm³/mol. The highest BCUT2D eigenvalue weighted by Gasteiger charge is 2.10. The number of nitrogens with one attached hydrogen (secondary N) is 1. The monoisotopic (exact) mass is 339 g/mol. The second-order valence-corrected chi connectivity index (χ2v) is 4.88. The molecule has 0 bridgehead atoms. The van der Waals surface area contributed by atoms with Gasteiger partial charge in [0.1, 0.15) is 5.75 Å². The van der Waals surface area contributed by atoms with Gasteiger partial charge in [0, 0.05) is 16.6 Å². The lowest BCUT2D eigenvalue weighted by atomic mass is 10.1. The molecule has 0 radical (unpaired) electrons. The summed E-state index contributed by atoms with van der Waals surface area (Å²) in [6.07, 6.45) is 0. The number of hydrogen-bond acceptors (Lipinski definition) is 2. The standard InChI is InChI=1S/C14H11BrClNO2/c15-8-10-3-1-2-4-12(10)17-14(19)9-5-6-13(18)11(16)7-9/h1-7,18H,8H2,(H,17,19). The summed E-state index contributed by atoms with van der Waals surface area (Å²) >= 11 is 9.15. The third kappa shape index (κ3) is 3.28. The molecule has 5 heteroatoms. The van der Waals surface area contributed by atoms with Gasteiger partial charge in [-0.25, -0.2) is 0 Å². The van der Waals surface area contributed by atoms with E-state index in [0.717, 1.165) is 11.3 Å². The normalized spacial score (nSPS) is 10.2. The van der Waals surface area contributed by atoms with Crippen LogP contribution in [0.3, 0.4) is 0 Å². The van der Waals surface area contributed by atoms with Crippen LogP contribution in [0, 0.1) is 0 Å². The lowest BCUT2D eigenvalue weighted by Gasteiger charge is -2.09. The molecule has 2 rings (SSSR count). The first-order chi connectivity index (χ1) is 9.11. The van der Waals surface area contributed by atoms with Crippen molar-refractivity contribution in [3.8, 4) is 5.75 Å². The van der Waals surface area contributed by atoms with Crippen LogP contribution in [-0.2, 0) is 5.33 Å². The van der Waals surface area contributed by atoms with Crippen LogP contribution >= 0.6 is 27.5 Å². The summed E-state index contributed by atoms with van der Waals surface area (Å²) in [6, 6.07) is 11.9. The third-order valence-electron chi connectivity index (χ3n) is 2.62. The van der Waals surface area contributed by atoms with Crippen molar-refractivity contribution in [1.29, 1.82) is 0 Å². The van der Waals surface area contributed by atoms with E-state index in [1.807, 2.05) is 24.3 Å². The highest BCUT2D eigenvalue weighted by molar-refractivity contribution is 9.08. The van der Waals surface area contributed by atoms with Crippen LogP contribution in [0.2, 0.25) is 5.02 Å². The van der Waals surface area contributed by atoms with Crippen LogP contribution in [0.5, 0.6) is 5.75 Å². The minimum Gasteiger partial charge on any atom is -0.506 e. The maximum atomic E-state index is 12.1. The van der Waals surface area contributed by atoms with Crippen molar-refractivity contribution in [3.63, 3.8) is 0 Å². The van der Waals surface area contributed by atoms with Crippen LogP contribution < -0.4 is 5.32 Å². The average Bonchev–Trinajstić information content (AvgIpc) is 2.42. The maximum Gasteiger partial charge on any atom is 0.255 e. The topological polar surface area (TPSA) is 49.3 Å². The number of para-hydroxylation sites is 1. The van der Waals surface area contributed by atoms with Crippen LogP contribution in [0.4, 0.5) is 5.69 Å². The fraction of sp³-hybridized carbons (Fsp3) is 0.0714. The van der Waals surface area contributed by atoms with E-state index in [0.29, 0.717) is 10.9 Å². The van der Waals surface area contributed by atoms with E-state index in [2.05, 4.69) is 21.2 Å². The first-order valence-electron chi connectivity index (χ1n) is 5.55. The molecule has 0 aromatic heterocycles. The molecule has 0 unspecified atom stereocenters. The zero-order chi connectivity index (χ0) is 13.8. The number of anilines is 1. The lowest BCUT2D eigenvalue weighted by Crippen LogP contribution is -2.12. The number of phenols is 1. The number of alkyl halides is 1. The van der Waals surface area contributed by atoms with Crippen molar-refractivity contribution in [1.82, 2.24) is 0 Å². The van der Waals surface area contributed by atoms with Crippen molar-refractivity contribution >= 4 is 39.1 Å². The van der Waals surface area contributed by atoms with Gasteiger partial charge in [-0.2, -0.15) is 0 Å². The van der Waals surface area contributed by atoms with Crippen molar-refractivity contribution in [2.75, 3.05) is 5.32 Å². The lowest BCUT2D eigenvalue weighted by molar-refractivity contribution is 0.102. The number of carbonyl (C=O) groups excluding carboxylic acids is 1. The quantitative estimate of drug-likeness (QED) is 0.823. The minimum absolute atomic E-state index is 0.0425. The zero-order valence-corrected chi connectivity index (χ0v) is 12.2. The molecule has 0 heterocycles. The summed E-state index contributed by atoms with van der Waals surface area (Å²) in [6.45, 7) is 0. The fourth-order valence-electron chi connectivity index (χ4n) is 1.60. The van der Waals surface area contributed by atoms with Gasteiger partial charge in [0.25, 0.3) is 5.91 Å². The van der Waals surface area contributed by atoms with E-state index in [4.69, 9.17) is 11.6 Å². The van der Waals surface area contributed by atoms with E-state index in [9.17, 15) is 9.90 Å². The molecule has 0 spiro atoms. The molecule has 98 valence electrons. The van der Waals surface area contributed by atoms with Crippen molar-refractivity contribution in [2.24, 2.45) is 0 Å². The zero-order valence-electron chi connectivity index (χ0n) is 9.86. The third-order valence-corrected chi connectivity index (χ3v) is 3.53. The number of amides is 1. The molecular weight excluding hydrogens is 330 g/mol. The Morgan fingerprint density at radius 2 is 2.00 bits per heavy atom. The van der Waals surface area contributed by atoms with Gasteiger partial charge in [0.05, 0.1) is 5.02 Å². The van der Waals surface area contributed by atoms with Crippen LogP contribution in [-0.4, -0.2) is 11.0 Å². The van der Waals surface area contributed by atoms with Crippen LogP contribution in [0.25, 0.3) is 0 Å². The molecule has 3 nitrogen and oxygen atoms in total. The molecular formula is C14H11BrClNO2. The van der Waals surface area contributed by atoms with Gasteiger partial charge in [0.15, 0.2) is 0 Å². The van der Waals surface area contributed by atoms with Crippen molar-refractivity contribution in [3.05, 3.63) is 58.6 Å². The molecule has 0 saturated carbocycles. The summed E-state index contributed by atoms with van der Waals surface area (Å²) in [4.78, 5) is 12.1. The van der Waals surface area contributed by atoms with Gasteiger partial charge in [0.2, 0.25) is 0 Å². The summed E-state index contributed by atoms with van der Waals surface area (Å²) in [5, 5.41) is 12.9. The second-order valence-electron chi connectivity index (χ2n) is 3.91. The number of carbonyl (C=O) groups is 1. The van der Waals surface area contributed by atoms with E-state index in [1.165, 1.54) is 18.2 Å². The highest BCUT2D eigenvalue weighted by atomic mass is 79.9. The van der Waals surface area contributed by atoms with Crippen molar-refractivity contribution in [2.45, 2.75) is 5.33 Å². The number of aromatic hydroxyl groups is 1. The number of benzene rings is 2. The van der Waals surface area contributed by atoms with E-state index in [-0.39, 0.29) is 16.7 Å². The molecule has 0 aliphatic rings. The number of rotatable bonds is 3. The molecule has 0 aliphatic heterocycles. The van der Waals surface area contributed by atoms with Crippen LogP contribution in [0.1, 0.15) is 15.9 Å². The second kappa shape index (κ2) is 6.08. The van der Waals surface area contributed by atoms with E-state index < -0.39 is 0 Å². The Kier molecular flexibility index (Phi) is 4.45. The average molecular weight is 341 g/mol. The molecule has 0 fully saturated rings. The van der Waals surface area contributed by atoms with E-state index >= 15 is 0 Å². The summed E-state index contributed by atoms with van der Waals surface area (Å²) in [5.41, 5.74) is 2.13. The van der Waals surface area contributed by atoms with Crippen LogP contribution in [0.15, 0.2) is 42.5 Å². The maximum absolute atomic E-state index is 12.1. The Hall–Kier alpha value is -1.52. The molecule has 2 aromatic rings. The fourth-order valence-corrected chi connectivity index (χ4v) is 2.27. The molecule has 0 aliphatic carbocycles.